The minimum atomic E-state index is -0.869. The zero-order valence-corrected chi connectivity index (χ0v) is 10.8. The van der Waals surface area contributed by atoms with Gasteiger partial charge in [-0.15, -0.1) is 0 Å². The number of aromatic nitrogens is 1. The number of carboxylic acids is 1. The molecule has 0 saturated heterocycles. The maximum Gasteiger partial charge on any atom is 0.303 e. The molecule has 1 atom stereocenters. The monoisotopic (exact) mass is 254 g/mol. The Morgan fingerprint density at radius 2 is 2.17 bits per heavy atom. The van der Waals surface area contributed by atoms with Gasteiger partial charge in [0, 0.05) is 12.5 Å². The van der Waals surface area contributed by atoms with E-state index in [1.54, 1.807) is 13.8 Å². The van der Waals surface area contributed by atoms with Crippen LogP contribution in [0.2, 0.25) is 0 Å². The number of carboxylic acid groups (broad SMARTS) is 1. The highest BCUT2D eigenvalue weighted by molar-refractivity contribution is 5.96. The molecule has 6 heteroatoms. The van der Waals surface area contributed by atoms with Crippen LogP contribution in [-0.4, -0.2) is 28.2 Å². The molecule has 1 rings (SSSR count). The molecule has 0 aromatic carbocycles. The summed E-state index contributed by atoms with van der Waals surface area (Å²) in [4.78, 5) is 22.4. The second kappa shape index (κ2) is 6.18. The summed E-state index contributed by atoms with van der Waals surface area (Å²) in [6, 6.07) is -0.201. The van der Waals surface area contributed by atoms with Gasteiger partial charge in [-0.2, -0.15) is 0 Å². The second-order valence-corrected chi connectivity index (χ2v) is 4.22. The Balaban J connectivity index is 2.64. The number of aryl methyl sites for hydroxylation is 2. The van der Waals surface area contributed by atoms with Gasteiger partial charge in [0.25, 0.3) is 5.91 Å². The van der Waals surface area contributed by atoms with Gasteiger partial charge in [-0.05, 0) is 26.7 Å². The Labute approximate surface area is 105 Å². The van der Waals surface area contributed by atoms with Crippen molar-refractivity contribution in [2.24, 2.45) is 0 Å². The van der Waals surface area contributed by atoms with Crippen LogP contribution >= 0.6 is 0 Å². The smallest absolute Gasteiger partial charge is 0.303 e. The largest absolute Gasteiger partial charge is 0.481 e. The average molecular weight is 254 g/mol. The summed E-state index contributed by atoms with van der Waals surface area (Å²) in [5, 5.41) is 15.1. The lowest BCUT2D eigenvalue weighted by molar-refractivity contribution is -0.137. The highest BCUT2D eigenvalue weighted by Crippen LogP contribution is 2.14. The molecule has 1 heterocycles. The van der Waals surface area contributed by atoms with Crippen LogP contribution < -0.4 is 5.32 Å². The lowest BCUT2D eigenvalue weighted by atomic mass is 10.1. The van der Waals surface area contributed by atoms with Gasteiger partial charge in [-0.3, -0.25) is 9.59 Å². The van der Waals surface area contributed by atoms with E-state index in [4.69, 9.17) is 9.63 Å². The third-order valence-electron chi connectivity index (χ3n) is 2.66. The van der Waals surface area contributed by atoms with Crippen LogP contribution in [0.5, 0.6) is 0 Å². The van der Waals surface area contributed by atoms with Crippen LogP contribution in [0.3, 0.4) is 0 Å². The van der Waals surface area contributed by atoms with E-state index in [0.717, 1.165) is 0 Å². The molecular formula is C12H18N2O4. The van der Waals surface area contributed by atoms with Gasteiger partial charge < -0.3 is 14.9 Å². The number of nitrogens with zero attached hydrogens (tertiary/aromatic N) is 1. The second-order valence-electron chi connectivity index (χ2n) is 4.22. The van der Waals surface area contributed by atoms with E-state index in [1.807, 2.05) is 6.92 Å². The minimum absolute atomic E-state index is 0.0324. The van der Waals surface area contributed by atoms with Crippen LogP contribution in [-0.2, 0) is 11.2 Å². The Bertz CT molecular complexity index is 439. The minimum Gasteiger partial charge on any atom is -0.481 e. The van der Waals surface area contributed by atoms with Gasteiger partial charge in [0.2, 0.25) is 0 Å². The third-order valence-corrected chi connectivity index (χ3v) is 2.66. The van der Waals surface area contributed by atoms with Crippen molar-refractivity contribution in [3.63, 3.8) is 0 Å². The van der Waals surface area contributed by atoms with Crippen LogP contribution in [0.25, 0.3) is 0 Å². The molecule has 0 bridgehead atoms. The van der Waals surface area contributed by atoms with Crippen molar-refractivity contribution < 1.29 is 19.2 Å². The molecule has 1 unspecified atom stereocenters. The highest BCUT2D eigenvalue weighted by Gasteiger charge is 2.20. The van der Waals surface area contributed by atoms with E-state index in [-0.39, 0.29) is 18.4 Å². The predicted octanol–water partition coefficient (Wildman–Crippen LogP) is 1.53. The first kappa shape index (κ1) is 14.2. The molecule has 0 radical (unpaired) electrons. The van der Waals surface area contributed by atoms with E-state index in [9.17, 15) is 9.59 Å². The third kappa shape index (κ3) is 3.58. The number of hydrogen-bond acceptors (Lipinski definition) is 4. The van der Waals surface area contributed by atoms with Crippen LogP contribution in [0, 0.1) is 6.92 Å². The lowest BCUT2D eigenvalue weighted by Crippen LogP contribution is -2.33. The standard InChI is InChI=1S/C12H18N2O4/c1-4-9-11(8(3)18-14-9)12(17)13-7(2)5-6-10(15)16/h7H,4-6H2,1-3H3,(H,13,17)(H,15,16). The van der Waals surface area contributed by atoms with Crippen molar-refractivity contribution in [3.05, 3.63) is 17.0 Å². The summed E-state index contributed by atoms with van der Waals surface area (Å²) in [7, 11) is 0. The predicted molar refractivity (Wildman–Crippen MR) is 64.4 cm³/mol. The fraction of sp³-hybridized carbons (Fsp3) is 0.583. The number of amides is 1. The SMILES string of the molecule is CCc1noc(C)c1C(=O)NC(C)CCC(=O)O. The molecule has 1 amide bonds. The van der Waals surface area contributed by atoms with Gasteiger partial charge >= 0.3 is 5.97 Å². The fourth-order valence-corrected chi connectivity index (χ4v) is 1.66. The highest BCUT2D eigenvalue weighted by atomic mass is 16.5. The molecule has 1 aromatic heterocycles. The number of carbonyl (C=O) groups excluding carboxylic acids is 1. The normalized spacial score (nSPS) is 12.2. The van der Waals surface area contributed by atoms with Crippen LogP contribution in [0.15, 0.2) is 4.52 Å². The van der Waals surface area contributed by atoms with Crippen molar-refractivity contribution in [2.75, 3.05) is 0 Å². The van der Waals surface area contributed by atoms with Crippen molar-refractivity contribution in [1.29, 1.82) is 0 Å². The molecule has 0 aliphatic rings. The Morgan fingerprint density at radius 1 is 1.50 bits per heavy atom. The molecule has 0 aliphatic heterocycles. The Morgan fingerprint density at radius 3 is 2.72 bits per heavy atom. The summed E-state index contributed by atoms with van der Waals surface area (Å²) >= 11 is 0. The maximum absolute atomic E-state index is 12.0. The first-order valence-corrected chi connectivity index (χ1v) is 5.93. The van der Waals surface area contributed by atoms with Crippen LogP contribution in [0.1, 0.15) is 48.5 Å². The summed E-state index contributed by atoms with van der Waals surface area (Å²) < 4.78 is 4.98. The number of aliphatic carboxylic acids is 1. The summed E-state index contributed by atoms with van der Waals surface area (Å²) in [6.45, 7) is 5.35. The quantitative estimate of drug-likeness (QED) is 0.803. The molecule has 2 N–H and O–H groups in total. The molecule has 0 saturated carbocycles. The van der Waals surface area contributed by atoms with Crippen molar-refractivity contribution in [2.45, 2.75) is 46.1 Å². The van der Waals surface area contributed by atoms with Gasteiger partial charge in [0.05, 0.1) is 5.69 Å². The Kier molecular flexibility index (Phi) is 4.88. The van der Waals surface area contributed by atoms with Crippen molar-refractivity contribution in [1.82, 2.24) is 10.5 Å². The molecule has 6 nitrogen and oxygen atoms in total. The zero-order valence-electron chi connectivity index (χ0n) is 10.8. The first-order chi connectivity index (χ1) is 8.45. The zero-order chi connectivity index (χ0) is 13.7. The molecule has 18 heavy (non-hydrogen) atoms. The number of nitrogens with one attached hydrogen (secondary N) is 1. The molecular weight excluding hydrogens is 236 g/mol. The van der Waals surface area contributed by atoms with E-state index in [1.165, 1.54) is 0 Å². The summed E-state index contributed by atoms with van der Waals surface area (Å²) in [5.41, 5.74) is 1.08. The van der Waals surface area contributed by atoms with E-state index >= 15 is 0 Å². The molecule has 100 valence electrons. The molecule has 0 aliphatic carbocycles. The van der Waals surface area contributed by atoms with Crippen LogP contribution in [0.4, 0.5) is 0 Å². The summed E-state index contributed by atoms with van der Waals surface area (Å²) in [5.74, 6) is -0.648. The lowest BCUT2D eigenvalue weighted by Gasteiger charge is -2.12. The Hall–Kier alpha value is -1.85. The van der Waals surface area contributed by atoms with Crippen molar-refractivity contribution >= 4 is 11.9 Å². The number of rotatable bonds is 6. The summed E-state index contributed by atoms with van der Waals surface area (Å²) in [6.07, 6.45) is 1.04. The van der Waals surface area contributed by atoms with E-state index in [0.29, 0.717) is 29.9 Å². The van der Waals surface area contributed by atoms with E-state index < -0.39 is 5.97 Å². The number of hydrogen-bond donors (Lipinski definition) is 2. The molecule has 0 spiro atoms. The van der Waals surface area contributed by atoms with Gasteiger partial charge in [0.15, 0.2) is 0 Å². The fourth-order valence-electron chi connectivity index (χ4n) is 1.66. The number of carbonyl (C=O) groups is 2. The maximum atomic E-state index is 12.0. The molecule has 0 fully saturated rings. The van der Waals surface area contributed by atoms with Gasteiger partial charge in [-0.1, -0.05) is 12.1 Å². The van der Waals surface area contributed by atoms with E-state index in [2.05, 4.69) is 10.5 Å². The van der Waals surface area contributed by atoms with Crippen molar-refractivity contribution in [3.8, 4) is 0 Å². The molecule has 1 aromatic rings. The topological polar surface area (TPSA) is 92.4 Å². The van der Waals surface area contributed by atoms with Gasteiger partial charge in [0.1, 0.15) is 11.3 Å². The first-order valence-electron chi connectivity index (χ1n) is 5.93. The average Bonchev–Trinajstić information content (AvgIpc) is 2.67. The van der Waals surface area contributed by atoms with Gasteiger partial charge in [-0.25, -0.2) is 0 Å².